The average Bonchev–Trinajstić information content (AvgIpc) is 2.86. The summed E-state index contributed by atoms with van der Waals surface area (Å²) in [6, 6.07) is 0. The van der Waals surface area contributed by atoms with E-state index in [1.54, 1.807) is 6.92 Å². The Balaban J connectivity index is 2.51. The summed E-state index contributed by atoms with van der Waals surface area (Å²) in [5, 5.41) is 9.66. The third-order valence-corrected chi connectivity index (χ3v) is 4.29. The maximum absolute atomic E-state index is 11.6. The normalized spacial score (nSPS) is 14.9. The highest BCUT2D eigenvalue weighted by molar-refractivity contribution is 7.18. The summed E-state index contributed by atoms with van der Waals surface area (Å²) in [6.45, 7) is 3.13. The quantitative estimate of drug-likeness (QED) is 0.849. The first-order valence-electron chi connectivity index (χ1n) is 5.94. The highest BCUT2D eigenvalue weighted by Crippen LogP contribution is 2.36. The van der Waals surface area contributed by atoms with Crippen molar-refractivity contribution >= 4 is 33.8 Å². The standard InChI is InChI=1S/C13H15NO3S/c1-7-10(8(2)15)12(18-11(7)13(16)17)14-9-5-3-4-6-9/h3-6H2,1-2H3,(H,16,17). The summed E-state index contributed by atoms with van der Waals surface area (Å²) in [5.74, 6) is -1.11. The Morgan fingerprint density at radius 1 is 1.28 bits per heavy atom. The molecule has 0 bridgehead atoms. The van der Waals surface area contributed by atoms with E-state index in [1.165, 1.54) is 6.92 Å². The minimum Gasteiger partial charge on any atom is -0.477 e. The number of Topliss-reactive ketones (excluding diaryl/α,β-unsaturated/α-hetero) is 1. The molecule has 1 N–H and O–H groups in total. The Morgan fingerprint density at radius 2 is 1.89 bits per heavy atom. The predicted octanol–water partition coefficient (Wildman–Crippen LogP) is 3.60. The fourth-order valence-corrected chi connectivity index (χ4v) is 3.34. The molecule has 0 radical (unpaired) electrons. The van der Waals surface area contributed by atoms with Crippen molar-refractivity contribution in [3.63, 3.8) is 0 Å². The second kappa shape index (κ2) is 5.02. The number of aliphatic imine (C=N–C) groups is 1. The molecule has 2 rings (SSSR count). The lowest BCUT2D eigenvalue weighted by atomic mass is 10.1. The number of aromatic carboxylic acids is 1. The van der Waals surface area contributed by atoms with Gasteiger partial charge in [-0.05, 0) is 45.1 Å². The summed E-state index contributed by atoms with van der Waals surface area (Å²) in [5.41, 5.74) is 2.09. The zero-order valence-electron chi connectivity index (χ0n) is 10.4. The molecule has 0 amide bonds. The SMILES string of the molecule is CC(=O)c1c(N=C2CCCC2)sc(C(=O)O)c1C. The largest absolute Gasteiger partial charge is 0.477 e. The number of nitrogens with zero attached hydrogens (tertiary/aromatic N) is 1. The van der Waals surface area contributed by atoms with Crippen LogP contribution in [0.4, 0.5) is 5.00 Å². The van der Waals surface area contributed by atoms with E-state index in [0.717, 1.165) is 42.7 Å². The summed E-state index contributed by atoms with van der Waals surface area (Å²) in [6.07, 6.45) is 4.17. The monoisotopic (exact) mass is 265 g/mol. The van der Waals surface area contributed by atoms with E-state index < -0.39 is 5.97 Å². The van der Waals surface area contributed by atoms with E-state index in [4.69, 9.17) is 5.11 Å². The maximum atomic E-state index is 11.6. The lowest BCUT2D eigenvalue weighted by molar-refractivity contribution is 0.0701. The van der Waals surface area contributed by atoms with Crippen molar-refractivity contribution in [1.82, 2.24) is 0 Å². The molecule has 1 aliphatic carbocycles. The van der Waals surface area contributed by atoms with Gasteiger partial charge in [0.2, 0.25) is 0 Å². The molecular formula is C13H15NO3S. The molecule has 1 aromatic heterocycles. The summed E-state index contributed by atoms with van der Waals surface area (Å²) in [7, 11) is 0. The summed E-state index contributed by atoms with van der Waals surface area (Å²) < 4.78 is 0. The number of rotatable bonds is 3. The molecule has 1 aliphatic rings. The van der Waals surface area contributed by atoms with Gasteiger partial charge < -0.3 is 5.11 Å². The smallest absolute Gasteiger partial charge is 0.346 e. The first kappa shape index (κ1) is 13.0. The molecule has 5 heteroatoms. The molecule has 0 saturated heterocycles. The van der Waals surface area contributed by atoms with E-state index in [0.29, 0.717) is 16.1 Å². The molecule has 0 aliphatic heterocycles. The second-order valence-electron chi connectivity index (χ2n) is 4.48. The highest BCUT2D eigenvalue weighted by Gasteiger charge is 2.22. The van der Waals surface area contributed by atoms with Gasteiger partial charge in [0, 0.05) is 5.71 Å². The Kier molecular flexibility index (Phi) is 3.61. The third-order valence-electron chi connectivity index (χ3n) is 3.11. The van der Waals surface area contributed by atoms with Crippen LogP contribution in [0.2, 0.25) is 0 Å². The number of carboxylic acids is 1. The van der Waals surface area contributed by atoms with E-state index in [-0.39, 0.29) is 10.7 Å². The van der Waals surface area contributed by atoms with Crippen molar-refractivity contribution in [3.05, 3.63) is 16.0 Å². The topological polar surface area (TPSA) is 66.7 Å². The zero-order valence-corrected chi connectivity index (χ0v) is 11.3. The van der Waals surface area contributed by atoms with Crippen LogP contribution >= 0.6 is 11.3 Å². The van der Waals surface area contributed by atoms with Crippen molar-refractivity contribution < 1.29 is 14.7 Å². The van der Waals surface area contributed by atoms with Crippen molar-refractivity contribution in [1.29, 1.82) is 0 Å². The molecular weight excluding hydrogens is 250 g/mol. The second-order valence-corrected chi connectivity index (χ2v) is 5.48. The van der Waals surface area contributed by atoms with Gasteiger partial charge in [-0.25, -0.2) is 9.79 Å². The summed E-state index contributed by atoms with van der Waals surface area (Å²) >= 11 is 1.10. The van der Waals surface area contributed by atoms with Gasteiger partial charge in [-0.3, -0.25) is 4.79 Å². The van der Waals surface area contributed by atoms with E-state index in [2.05, 4.69) is 4.99 Å². The molecule has 1 fully saturated rings. The lowest BCUT2D eigenvalue weighted by Crippen LogP contribution is -1.98. The molecule has 1 saturated carbocycles. The molecule has 4 nitrogen and oxygen atoms in total. The minimum atomic E-state index is -0.988. The van der Waals surface area contributed by atoms with Crippen LogP contribution in [-0.4, -0.2) is 22.6 Å². The number of carbonyl (C=O) groups excluding carboxylic acids is 1. The zero-order chi connectivity index (χ0) is 13.3. The molecule has 0 atom stereocenters. The van der Waals surface area contributed by atoms with Crippen LogP contribution in [0.3, 0.4) is 0 Å². The first-order chi connectivity index (χ1) is 8.50. The molecule has 1 heterocycles. The van der Waals surface area contributed by atoms with Crippen LogP contribution in [0.1, 0.15) is 58.2 Å². The number of hydrogen-bond donors (Lipinski definition) is 1. The minimum absolute atomic E-state index is 0.117. The van der Waals surface area contributed by atoms with E-state index in [9.17, 15) is 9.59 Å². The van der Waals surface area contributed by atoms with Crippen LogP contribution in [0.25, 0.3) is 0 Å². The Hall–Kier alpha value is -1.49. The number of carbonyl (C=O) groups is 2. The van der Waals surface area contributed by atoms with Gasteiger partial charge in [0.05, 0.1) is 5.56 Å². The van der Waals surface area contributed by atoms with Crippen LogP contribution in [0, 0.1) is 6.92 Å². The molecule has 0 unspecified atom stereocenters. The van der Waals surface area contributed by atoms with Gasteiger partial charge in [-0.1, -0.05) is 0 Å². The van der Waals surface area contributed by atoms with Gasteiger partial charge in [-0.15, -0.1) is 11.3 Å². The van der Waals surface area contributed by atoms with Crippen molar-refractivity contribution in [3.8, 4) is 0 Å². The Bertz CT molecular complexity index is 535. The van der Waals surface area contributed by atoms with Crippen LogP contribution in [-0.2, 0) is 0 Å². The molecule has 18 heavy (non-hydrogen) atoms. The van der Waals surface area contributed by atoms with Gasteiger partial charge in [0.1, 0.15) is 9.88 Å². The van der Waals surface area contributed by atoms with Crippen molar-refractivity contribution in [2.75, 3.05) is 0 Å². The van der Waals surface area contributed by atoms with Crippen molar-refractivity contribution in [2.24, 2.45) is 4.99 Å². The predicted molar refractivity (Wildman–Crippen MR) is 71.6 cm³/mol. The highest BCUT2D eigenvalue weighted by atomic mass is 32.1. The van der Waals surface area contributed by atoms with E-state index >= 15 is 0 Å². The van der Waals surface area contributed by atoms with Crippen LogP contribution < -0.4 is 0 Å². The Morgan fingerprint density at radius 3 is 2.39 bits per heavy atom. The Labute approximate surface area is 109 Å². The lowest BCUT2D eigenvalue weighted by Gasteiger charge is -1.98. The molecule has 0 aromatic carbocycles. The fourth-order valence-electron chi connectivity index (χ4n) is 2.23. The maximum Gasteiger partial charge on any atom is 0.346 e. The number of thiophene rings is 1. The van der Waals surface area contributed by atoms with Crippen LogP contribution in [0.15, 0.2) is 4.99 Å². The van der Waals surface area contributed by atoms with E-state index in [1.807, 2.05) is 0 Å². The molecule has 1 aromatic rings. The number of hydrogen-bond acceptors (Lipinski definition) is 4. The first-order valence-corrected chi connectivity index (χ1v) is 6.76. The van der Waals surface area contributed by atoms with Gasteiger partial charge in [0.25, 0.3) is 0 Å². The van der Waals surface area contributed by atoms with Gasteiger partial charge in [0.15, 0.2) is 5.78 Å². The van der Waals surface area contributed by atoms with Gasteiger partial charge in [-0.2, -0.15) is 0 Å². The third kappa shape index (κ3) is 2.36. The number of ketones is 1. The van der Waals surface area contributed by atoms with Gasteiger partial charge >= 0.3 is 5.97 Å². The number of carboxylic acid groups (broad SMARTS) is 1. The average molecular weight is 265 g/mol. The molecule has 96 valence electrons. The summed E-state index contributed by atoms with van der Waals surface area (Å²) in [4.78, 5) is 27.5. The fraction of sp³-hybridized carbons (Fsp3) is 0.462. The molecule has 0 spiro atoms. The van der Waals surface area contributed by atoms with Crippen molar-refractivity contribution in [2.45, 2.75) is 39.5 Å². The van der Waals surface area contributed by atoms with Crippen LogP contribution in [0.5, 0.6) is 0 Å².